The Morgan fingerprint density at radius 2 is 2.04 bits per heavy atom. The Kier molecular flexibility index (Phi) is 6.20. The first-order chi connectivity index (χ1) is 12.7. The summed E-state index contributed by atoms with van der Waals surface area (Å²) in [7, 11) is 0. The van der Waals surface area contributed by atoms with Crippen LogP contribution in [0.5, 0.6) is 5.75 Å². The van der Waals surface area contributed by atoms with Crippen LogP contribution >= 0.6 is 11.3 Å². The van der Waals surface area contributed by atoms with Gasteiger partial charge in [-0.05, 0) is 12.1 Å². The van der Waals surface area contributed by atoms with Crippen LogP contribution in [0.15, 0.2) is 55.0 Å². The minimum atomic E-state index is 0.00446. The fraction of sp³-hybridized carbons (Fsp3) is 0.300. The highest BCUT2D eigenvalue weighted by Gasteiger charge is 2.23. The molecule has 0 radical (unpaired) electrons. The number of aromatic nitrogens is 1. The first kappa shape index (κ1) is 18.4. The second-order valence-corrected chi connectivity index (χ2v) is 6.90. The minimum Gasteiger partial charge on any atom is -0.490 e. The van der Waals surface area contributed by atoms with Crippen molar-refractivity contribution in [1.82, 2.24) is 14.8 Å². The molecule has 6 heteroatoms. The van der Waals surface area contributed by atoms with Crippen molar-refractivity contribution >= 4 is 17.2 Å². The molecule has 1 aliphatic heterocycles. The third-order valence-electron chi connectivity index (χ3n) is 4.22. The van der Waals surface area contributed by atoms with E-state index in [1.165, 1.54) is 11.3 Å². The minimum absolute atomic E-state index is 0.00446. The van der Waals surface area contributed by atoms with Crippen LogP contribution in [-0.4, -0.2) is 60.0 Å². The van der Waals surface area contributed by atoms with Crippen LogP contribution in [0.25, 0.3) is 10.6 Å². The van der Waals surface area contributed by atoms with Crippen molar-refractivity contribution in [1.29, 1.82) is 0 Å². The second-order valence-electron chi connectivity index (χ2n) is 6.05. The molecule has 1 aliphatic rings. The molecule has 1 amide bonds. The van der Waals surface area contributed by atoms with Gasteiger partial charge in [0.2, 0.25) is 0 Å². The molecule has 0 atom stereocenters. The van der Waals surface area contributed by atoms with Crippen LogP contribution in [0.1, 0.15) is 10.5 Å². The quantitative estimate of drug-likeness (QED) is 0.703. The third-order valence-corrected chi connectivity index (χ3v) is 5.11. The highest BCUT2D eigenvalue weighted by atomic mass is 32.1. The van der Waals surface area contributed by atoms with E-state index in [1.807, 2.05) is 40.6 Å². The fourth-order valence-corrected chi connectivity index (χ4v) is 3.65. The van der Waals surface area contributed by atoms with E-state index in [4.69, 9.17) is 4.74 Å². The number of carbonyl (C=O) groups is 1. The molecule has 0 saturated carbocycles. The predicted octanol–water partition coefficient (Wildman–Crippen LogP) is 3.32. The summed E-state index contributed by atoms with van der Waals surface area (Å²) in [5.74, 6) is 0.772. The SMILES string of the molecule is C=CCOc1cccc(-c2nc(C(=O)N3CCN(CC=C)CC3)cs2)c1. The third kappa shape index (κ3) is 4.39. The molecule has 1 fully saturated rings. The van der Waals surface area contributed by atoms with Gasteiger partial charge in [-0.15, -0.1) is 17.9 Å². The number of rotatable bonds is 7. The highest BCUT2D eigenvalue weighted by Crippen LogP contribution is 2.27. The van der Waals surface area contributed by atoms with E-state index in [0.29, 0.717) is 12.3 Å². The molecule has 0 N–H and O–H groups in total. The Hall–Kier alpha value is -2.44. The largest absolute Gasteiger partial charge is 0.490 e. The molecule has 26 heavy (non-hydrogen) atoms. The van der Waals surface area contributed by atoms with E-state index in [1.54, 1.807) is 6.08 Å². The van der Waals surface area contributed by atoms with E-state index in [2.05, 4.69) is 23.0 Å². The molecular weight excluding hydrogens is 346 g/mol. The lowest BCUT2D eigenvalue weighted by Gasteiger charge is -2.33. The summed E-state index contributed by atoms with van der Waals surface area (Å²) < 4.78 is 5.57. The summed E-state index contributed by atoms with van der Waals surface area (Å²) in [5.41, 5.74) is 1.46. The maximum Gasteiger partial charge on any atom is 0.273 e. The number of hydrogen-bond acceptors (Lipinski definition) is 5. The van der Waals surface area contributed by atoms with E-state index >= 15 is 0 Å². The molecule has 0 bridgehead atoms. The summed E-state index contributed by atoms with van der Waals surface area (Å²) in [6, 6.07) is 7.73. The molecule has 2 aromatic rings. The lowest BCUT2D eigenvalue weighted by molar-refractivity contribution is 0.0645. The maximum atomic E-state index is 12.7. The predicted molar refractivity (Wildman–Crippen MR) is 106 cm³/mol. The first-order valence-electron chi connectivity index (χ1n) is 8.63. The molecule has 0 aliphatic carbocycles. The van der Waals surface area contributed by atoms with Crippen LogP contribution in [0, 0.1) is 0 Å². The first-order valence-corrected chi connectivity index (χ1v) is 9.51. The molecule has 0 unspecified atom stereocenters. The van der Waals surface area contributed by atoms with Gasteiger partial charge in [-0.2, -0.15) is 0 Å². The molecule has 2 heterocycles. The van der Waals surface area contributed by atoms with Crippen LogP contribution in [0.4, 0.5) is 0 Å². The van der Waals surface area contributed by atoms with E-state index < -0.39 is 0 Å². The standard InChI is InChI=1S/C20H23N3O2S/c1-3-8-22-9-11-23(12-10-22)20(24)18-15-26-19(21-18)16-6-5-7-17(14-16)25-13-4-2/h3-7,14-15H,1-2,8-13H2. The van der Waals surface area contributed by atoms with Gasteiger partial charge in [0.05, 0.1) is 0 Å². The normalized spacial score (nSPS) is 14.8. The maximum absolute atomic E-state index is 12.7. The van der Waals surface area contributed by atoms with Gasteiger partial charge in [0.25, 0.3) is 5.91 Å². The zero-order chi connectivity index (χ0) is 18.4. The average molecular weight is 369 g/mol. The number of carbonyl (C=O) groups excluding carboxylic acids is 1. The van der Waals surface area contributed by atoms with Crippen molar-refractivity contribution in [3.63, 3.8) is 0 Å². The highest BCUT2D eigenvalue weighted by molar-refractivity contribution is 7.13. The Bertz CT molecular complexity index is 779. The Balaban J connectivity index is 1.67. The van der Waals surface area contributed by atoms with Gasteiger partial charge in [0, 0.05) is 43.7 Å². The van der Waals surface area contributed by atoms with Crippen molar-refractivity contribution in [3.05, 3.63) is 60.6 Å². The van der Waals surface area contributed by atoms with Crippen molar-refractivity contribution in [2.24, 2.45) is 0 Å². The number of hydrogen-bond donors (Lipinski definition) is 0. The Morgan fingerprint density at radius 1 is 1.23 bits per heavy atom. The van der Waals surface area contributed by atoms with Crippen molar-refractivity contribution in [2.45, 2.75) is 0 Å². The van der Waals surface area contributed by atoms with Crippen LogP contribution in [0.3, 0.4) is 0 Å². The Labute approximate surface area is 158 Å². The van der Waals surface area contributed by atoms with Gasteiger partial charge in [0.15, 0.2) is 0 Å². The van der Waals surface area contributed by atoms with E-state index in [0.717, 1.165) is 49.0 Å². The second kappa shape index (κ2) is 8.78. The topological polar surface area (TPSA) is 45.7 Å². The Morgan fingerprint density at radius 3 is 2.77 bits per heavy atom. The molecule has 1 aromatic carbocycles. The summed E-state index contributed by atoms with van der Waals surface area (Å²) in [6.07, 6.45) is 3.61. The summed E-state index contributed by atoms with van der Waals surface area (Å²) in [5, 5.41) is 2.66. The molecule has 0 spiro atoms. The molecular formula is C20H23N3O2S. The number of amides is 1. The van der Waals surface area contributed by atoms with Crippen molar-refractivity contribution in [3.8, 4) is 16.3 Å². The number of ether oxygens (including phenoxy) is 1. The van der Waals surface area contributed by atoms with Crippen LogP contribution in [-0.2, 0) is 0 Å². The number of benzene rings is 1. The van der Waals surface area contributed by atoms with E-state index in [9.17, 15) is 4.79 Å². The van der Waals surface area contributed by atoms with Crippen LogP contribution in [0.2, 0.25) is 0 Å². The fourth-order valence-electron chi connectivity index (χ4n) is 2.86. The van der Waals surface area contributed by atoms with E-state index in [-0.39, 0.29) is 5.91 Å². The summed E-state index contributed by atoms with van der Waals surface area (Å²) >= 11 is 1.48. The van der Waals surface area contributed by atoms with Gasteiger partial charge in [-0.25, -0.2) is 4.98 Å². The average Bonchev–Trinajstić information content (AvgIpc) is 3.17. The number of nitrogens with zero attached hydrogens (tertiary/aromatic N) is 3. The number of thiazole rings is 1. The molecule has 1 saturated heterocycles. The van der Waals surface area contributed by atoms with Gasteiger partial charge in [-0.1, -0.05) is 30.9 Å². The monoisotopic (exact) mass is 369 g/mol. The molecule has 3 rings (SSSR count). The lowest BCUT2D eigenvalue weighted by atomic mass is 10.2. The zero-order valence-corrected chi connectivity index (χ0v) is 15.6. The van der Waals surface area contributed by atoms with Gasteiger partial charge < -0.3 is 9.64 Å². The number of piperazine rings is 1. The van der Waals surface area contributed by atoms with Crippen LogP contribution < -0.4 is 4.74 Å². The van der Waals surface area contributed by atoms with Gasteiger partial charge in [0.1, 0.15) is 23.1 Å². The van der Waals surface area contributed by atoms with Gasteiger partial charge in [-0.3, -0.25) is 9.69 Å². The van der Waals surface area contributed by atoms with Crippen molar-refractivity contribution in [2.75, 3.05) is 39.3 Å². The molecule has 1 aromatic heterocycles. The molecule has 5 nitrogen and oxygen atoms in total. The molecule has 136 valence electrons. The zero-order valence-electron chi connectivity index (χ0n) is 14.8. The van der Waals surface area contributed by atoms with Gasteiger partial charge >= 0.3 is 0 Å². The lowest BCUT2D eigenvalue weighted by Crippen LogP contribution is -2.48. The smallest absolute Gasteiger partial charge is 0.273 e. The van der Waals surface area contributed by atoms with Crippen molar-refractivity contribution < 1.29 is 9.53 Å². The summed E-state index contributed by atoms with van der Waals surface area (Å²) in [6.45, 7) is 11.9. The summed E-state index contributed by atoms with van der Waals surface area (Å²) in [4.78, 5) is 21.4.